The highest BCUT2D eigenvalue weighted by Crippen LogP contribution is 2.28. The van der Waals surface area contributed by atoms with E-state index in [1.807, 2.05) is 25.5 Å². The zero-order valence-electron chi connectivity index (χ0n) is 13.1. The first-order valence-corrected chi connectivity index (χ1v) is 8.76. The fourth-order valence-corrected chi connectivity index (χ4v) is 3.20. The molecule has 0 aromatic carbocycles. The molecular formula is C18H15Br2N3. The molecule has 0 saturated carbocycles. The van der Waals surface area contributed by atoms with Crippen LogP contribution in [0, 0.1) is 20.8 Å². The van der Waals surface area contributed by atoms with E-state index in [9.17, 15) is 0 Å². The Hall–Kier alpha value is -1.59. The van der Waals surface area contributed by atoms with Crippen molar-refractivity contribution in [2.24, 2.45) is 0 Å². The first-order valence-electron chi connectivity index (χ1n) is 7.17. The second-order valence-corrected chi connectivity index (χ2v) is 7.21. The molecule has 3 aromatic rings. The van der Waals surface area contributed by atoms with Crippen LogP contribution in [0.4, 0.5) is 0 Å². The number of hydrogen-bond donors (Lipinski definition) is 0. The number of pyridine rings is 3. The summed E-state index contributed by atoms with van der Waals surface area (Å²) in [7, 11) is 0. The van der Waals surface area contributed by atoms with Gasteiger partial charge in [0, 0.05) is 34.2 Å². The largest absolute Gasteiger partial charge is 0.255 e. The monoisotopic (exact) mass is 431 g/mol. The molecule has 3 aromatic heterocycles. The number of aryl methyl sites for hydroxylation is 3. The van der Waals surface area contributed by atoms with Gasteiger partial charge in [-0.15, -0.1) is 0 Å². The third-order valence-corrected chi connectivity index (χ3v) is 4.95. The van der Waals surface area contributed by atoms with Gasteiger partial charge in [-0.2, -0.15) is 0 Å². The van der Waals surface area contributed by atoms with Crippen molar-refractivity contribution in [3.05, 3.63) is 62.6 Å². The maximum atomic E-state index is 4.65. The molecule has 0 amide bonds. The van der Waals surface area contributed by atoms with Gasteiger partial charge in [0.05, 0.1) is 11.4 Å². The molecule has 0 aliphatic rings. The number of nitrogens with zero attached hydrogens (tertiary/aromatic N) is 3. The minimum Gasteiger partial charge on any atom is -0.255 e. The predicted molar refractivity (Wildman–Crippen MR) is 100 cm³/mol. The van der Waals surface area contributed by atoms with Crippen molar-refractivity contribution in [2.45, 2.75) is 20.8 Å². The Morgan fingerprint density at radius 1 is 0.652 bits per heavy atom. The van der Waals surface area contributed by atoms with Gasteiger partial charge in [-0.25, -0.2) is 4.98 Å². The number of halogens is 2. The molecule has 0 fully saturated rings. The van der Waals surface area contributed by atoms with E-state index < -0.39 is 0 Å². The van der Waals surface area contributed by atoms with Crippen molar-refractivity contribution in [1.29, 1.82) is 0 Å². The molecule has 0 aliphatic carbocycles. The molecular weight excluding hydrogens is 418 g/mol. The maximum absolute atomic E-state index is 4.65. The summed E-state index contributed by atoms with van der Waals surface area (Å²) in [6, 6.07) is 6.28. The van der Waals surface area contributed by atoms with Crippen molar-refractivity contribution >= 4 is 31.9 Å². The van der Waals surface area contributed by atoms with Crippen LogP contribution in [0.15, 0.2) is 45.9 Å². The molecule has 0 unspecified atom stereocenters. The highest BCUT2D eigenvalue weighted by atomic mass is 79.9. The molecule has 3 heterocycles. The Bertz CT molecular complexity index is 891. The Balaban J connectivity index is 2.05. The quantitative estimate of drug-likeness (QED) is 0.490. The van der Waals surface area contributed by atoms with Gasteiger partial charge in [-0.1, -0.05) is 0 Å². The molecule has 116 valence electrons. The summed E-state index contributed by atoms with van der Waals surface area (Å²) in [5.74, 6) is 0. The van der Waals surface area contributed by atoms with E-state index >= 15 is 0 Å². The van der Waals surface area contributed by atoms with Crippen LogP contribution in [0.2, 0.25) is 0 Å². The van der Waals surface area contributed by atoms with Crippen LogP contribution in [0.25, 0.3) is 22.5 Å². The fraction of sp³-hybridized carbons (Fsp3) is 0.167. The van der Waals surface area contributed by atoms with Crippen molar-refractivity contribution in [3.63, 3.8) is 0 Å². The van der Waals surface area contributed by atoms with Crippen LogP contribution < -0.4 is 0 Å². The van der Waals surface area contributed by atoms with Crippen LogP contribution in [-0.4, -0.2) is 15.0 Å². The highest BCUT2D eigenvalue weighted by molar-refractivity contribution is 9.10. The lowest BCUT2D eigenvalue weighted by Crippen LogP contribution is -1.94. The molecule has 0 aliphatic heterocycles. The molecule has 23 heavy (non-hydrogen) atoms. The molecule has 0 bridgehead atoms. The zero-order valence-corrected chi connectivity index (χ0v) is 16.2. The summed E-state index contributed by atoms with van der Waals surface area (Å²) in [6.07, 6.45) is 5.53. The van der Waals surface area contributed by atoms with E-state index in [0.717, 1.165) is 48.3 Å². The van der Waals surface area contributed by atoms with Gasteiger partial charge < -0.3 is 0 Å². The molecule has 0 radical (unpaired) electrons. The van der Waals surface area contributed by atoms with E-state index in [1.54, 1.807) is 0 Å². The van der Waals surface area contributed by atoms with Crippen LogP contribution in [0.3, 0.4) is 0 Å². The summed E-state index contributed by atoms with van der Waals surface area (Å²) in [5, 5.41) is 0. The Morgan fingerprint density at radius 2 is 1.17 bits per heavy atom. The third kappa shape index (κ3) is 3.35. The Morgan fingerprint density at radius 3 is 1.74 bits per heavy atom. The van der Waals surface area contributed by atoms with E-state index in [4.69, 9.17) is 0 Å². The first-order chi connectivity index (χ1) is 11.0. The van der Waals surface area contributed by atoms with Crippen LogP contribution >= 0.6 is 31.9 Å². The van der Waals surface area contributed by atoms with Crippen molar-refractivity contribution in [3.8, 4) is 22.5 Å². The van der Waals surface area contributed by atoms with Crippen molar-refractivity contribution in [2.75, 3.05) is 0 Å². The minimum absolute atomic E-state index is 0.866. The lowest BCUT2D eigenvalue weighted by molar-refractivity contribution is 1.18. The van der Waals surface area contributed by atoms with Gasteiger partial charge in [0.15, 0.2) is 0 Å². The van der Waals surface area contributed by atoms with Gasteiger partial charge in [-0.3, -0.25) is 9.97 Å². The minimum atomic E-state index is 0.866. The summed E-state index contributed by atoms with van der Waals surface area (Å²) < 4.78 is 1.85. The highest BCUT2D eigenvalue weighted by Gasteiger charge is 2.10. The standard InChI is InChI=1S/C18H15Br2N3/c1-10-4-13(17-11(2)6-15(19)9-22-17)7-21-16(10)14-5-12(3)18(20)23-8-14/h4-9H,1-3H3. The molecule has 3 rings (SSSR count). The first kappa shape index (κ1) is 16.3. The summed E-state index contributed by atoms with van der Waals surface area (Å²) in [4.78, 5) is 13.5. The van der Waals surface area contributed by atoms with Gasteiger partial charge in [0.1, 0.15) is 4.60 Å². The van der Waals surface area contributed by atoms with E-state index in [1.165, 1.54) is 0 Å². The topological polar surface area (TPSA) is 38.7 Å². The van der Waals surface area contributed by atoms with E-state index in [0.29, 0.717) is 0 Å². The van der Waals surface area contributed by atoms with Gasteiger partial charge in [0.2, 0.25) is 0 Å². The Labute approximate surface area is 152 Å². The molecule has 0 spiro atoms. The predicted octanol–water partition coefficient (Wildman–Crippen LogP) is 5.66. The Kier molecular flexibility index (Phi) is 4.60. The van der Waals surface area contributed by atoms with Crippen LogP contribution in [0.1, 0.15) is 16.7 Å². The maximum Gasteiger partial charge on any atom is 0.109 e. The molecule has 5 heteroatoms. The number of aromatic nitrogens is 3. The number of hydrogen-bond acceptors (Lipinski definition) is 3. The van der Waals surface area contributed by atoms with Crippen molar-refractivity contribution < 1.29 is 0 Å². The molecule has 0 N–H and O–H groups in total. The summed E-state index contributed by atoms with van der Waals surface area (Å²) >= 11 is 6.88. The SMILES string of the molecule is Cc1cc(-c2ncc(-c3ncc(Br)cc3C)cc2C)cnc1Br. The molecule has 0 atom stereocenters. The van der Waals surface area contributed by atoms with E-state index in [-0.39, 0.29) is 0 Å². The third-order valence-electron chi connectivity index (χ3n) is 3.68. The van der Waals surface area contributed by atoms with Gasteiger partial charge in [0.25, 0.3) is 0 Å². The summed E-state index contributed by atoms with van der Waals surface area (Å²) in [5.41, 5.74) is 7.28. The van der Waals surface area contributed by atoms with Gasteiger partial charge in [-0.05, 0) is 87.5 Å². The second-order valence-electron chi connectivity index (χ2n) is 5.54. The molecule has 0 saturated heterocycles. The van der Waals surface area contributed by atoms with E-state index in [2.05, 4.69) is 78.9 Å². The average Bonchev–Trinajstić information content (AvgIpc) is 2.50. The van der Waals surface area contributed by atoms with Crippen LogP contribution in [0.5, 0.6) is 0 Å². The average molecular weight is 433 g/mol. The normalized spacial score (nSPS) is 10.8. The molecule has 3 nitrogen and oxygen atoms in total. The smallest absolute Gasteiger partial charge is 0.109 e. The lowest BCUT2D eigenvalue weighted by Gasteiger charge is -2.10. The van der Waals surface area contributed by atoms with Gasteiger partial charge >= 0.3 is 0 Å². The zero-order chi connectivity index (χ0) is 16.6. The van der Waals surface area contributed by atoms with Crippen LogP contribution in [-0.2, 0) is 0 Å². The van der Waals surface area contributed by atoms with Crippen molar-refractivity contribution in [1.82, 2.24) is 15.0 Å². The fourth-order valence-electron chi connectivity index (χ4n) is 2.54. The second kappa shape index (κ2) is 6.49. The lowest BCUT2D eigenvalue weighted by atomic mass is 10.0. The summed E-state index contributed by atoms with van der Waals surface area (Å²) in [6.45, 7) is 6.15. The number of rotatable bonds is 2.